The van der Waals surface area contributed by atoms with Crippen LogP contribution in [0.5, 0.6) is 0 Å². The monoisotopic (exact) mass is 445 g/mol. The maximum atomic E-state index is 14.0. The predicted molar refractivity (Wildman–Crippen MR) is 132 cm³/mol. The molecule has 5 rings (SSSR count). The van der Waals surface area contributed by atoms with Crippen molar-refractivity contribution in [3.05, 3.63) is 76.4 Å². The Morgan fingerprint density at radius 2 is 1.72 bits per heavy atom. The molecule has 0 radical (unpaired) electrons. The topological polar surface area (TPSA) is 32.0 Å². The standard InChI is InChI=1S/C27H25ClFN3/c1-15-14-27(2,3)32(5)22-11-9-19-25(16-6-10-21(29)20(28)12-16)18-8-7-17(30)13-23(18)31(4)26(19)24(15)22/h6-14,30H,1-5H3. The number of allylic oxidation sites excluding steroid dienone is 1. The van der Waals surface area contributed by atoms with Crippen LogP contribution in [0, 0.1) is 11.2 Å². The highest BCUT2D eigenvalue weighted by atomic mass is 35.5. The van der Waals surface area contributed by atoms with Crippen LogP contribution in [0.15, 0.2) is 54.6 Å². The van der Waals surface area contributed by atoms with Gasteiger partial charge >= 0.3 is 0 Å². The zero-order valence-electron chi connectivity index (χ0n) is 18.8. The number of fused-ring (bicyclic) bond motifs is 4. The lowest BCUT2D eigenvalue weighted by molar-refractivity contribution is 0.598. The van der Waals surface area contributed by atoms with Crippen molar-refractivity contribution in [2.24, 2.45) is 7.05 Å². The molecule has 162 valence electrons. The van der Waals surface area contributed by atoms with Crippen molar-refractivity contribution in [2.45, 2.75) is 26.3 Å². The van der Waals surface area contributed by atoms with Gasteiger partial charge < -0.3 is 14.9 Å². The van der Waals surface area contributed by atoms with Gasteiger partial charge in [0.1, 0.15) is 5.82 Å². The number of aryl methyl sites for hydroxylation is 1. The van der Waals surface area contributed by atoms with Crippen LogP contribution in [0.25, 0.3) is 38.9 Å². The zero-order valence-corrected chi connectivity index (χ0v) is 19.6. The van der Waals surface area contributed by atoms with E-state index in [1.54, 1.807) is 18.2 Å². The molecule has 1 aliphatic carbocycles. The molecule has 2 aliphatic heterocycles. The summed E-state index contributed by atoms with van der Waals surface area (Å²) in [6, 6.07) is 14.9. The summed E-state index contributed by atoms with van der Waals surface area (Å²) in [5, 5.41) is 9.85. The van der Waals surface area contributed by atoms with E-state index in [-0.39, 0.29) is 10.6 Å². The second-order valence-electron chi connectivity index (χ2n) is 9.19. The second-order valence-corrected chi connectivity index (χ2v) is 9.60. The van der Waals surface area contributed by atoms with Crippen LogP contribution in [-0.4, -0.2) is 17.2 Å². The normalized spacial score (nSPS) is 15.2. The Morgan fingerprint density at radius 3 is 2.44 bits per heavy atom. The smallest absolute Gasteiger partial charge is 0.141 e. The molecule has 3 aliphatic rings. The summed E-state index contributed by atoms with van der Waals surface area (Å²) in [6.45, 7) is 6.58. The number of nitrogens with zero attached hydrogens (tertiary/aromatic N) is 2. The minimum Gasteiger partial charge on any atom is -0.365 e. The van der Waals surface area contributed by atoms with Crippen LogP contribution < -0.4 is 10.3 Å². The van der Waals surface area contributed by atoms with Gasteiger partial charge in [0.25, 0.3) is 0 Å². The first-order valence-corrected chi connectivity index (χ1v) is 11.0. The van der Waals surface area contributed by atoms with E-state index in [9.17, 15) is 4.39 Å². The number of likely N-dealkylation sites (N-methyl/N-ethyl adjacent to an activating group) is 1. The van der Waals surface area contributed by atoms with E-state index in [4.69, 9.17) is 17.0 Å². The fourth-order valence-corrected chi connectivity index (χ4v) is 5.24. The predicted octanol–water partition coefficient (Wildman–Crippen LogP) is 6.85. The van der Waals surface area contributed by atoms with Gasteiger partial charge in [-0.15, -0.1) is 0 Å². The average Bonchev–Trinajstić information content (AvgIpc) is 2.74. The molecule has 0 spiro atoms. The number of rotatable bonds is 1. The lowest BCUT2D eigenvalue weighted by atomic mass is 9.85. The summed E-state index contributed by atoms with van der Waals surface area (Å²) in [4.78, 5) is 2.30. The Bertz CT molecular complexity index is 1480. The first kappa shape index (κ1) is 20.8. The minimum absolute atomic E-state index is 0.0954. The third-order valence-corrected chi connectivity index (χ3v) is 7.08. The molecule has 0 saturated heterocycles. The molecule has 2 aromatic carbocycles. The molecule has 0 fully saturated rings. The highest BCUT2D eigenvalue weighted by Gasteiger charge is 2.31. The van der Waals surface area contributed by atoms with Crippen molar-refractivity contribution in [3.8, 4) is 22.4 Å². The molecule has 0 aromatic heterocycles. The first-order valence-electron chi connectivity index (χ1n) is 10.6. The molecule has 0 saturated carbocycles. The number of hydrogen-bond acceptors (Lipinski definition) is 2. The van der Waals surface area contributed by atoms with Gasteiger partial charge in [0.2, 0.25) is 0 Å². The number of benzene rings is 3. The third kappa shape index (κ3) is 2.90. The lowest BCUT2D eigenvalue weighted by Gasteiger charge is -2.41. The fraction of sp³-hybridized carbons (Fsp3) is 0.222. The molecule has 5 heteroatoms. The highest BCUT2D eigenvalue weighted by Crippen LogP contribution is 2.47. The van der Waals surface area contributed by atoms with Crippen LogP contribution in [-0.2, 0) is 7.05 Å². The molecule has 0 unspecified atom stereocenters. The summed E-state index contributed by atoms with van der Waals surface area (Å²) in [6.07, 6.45) is 2.30. The summed E-state index contributed by atoms with van der Waals surface area (Å²) in [5.41, 5.74) is 8.37. The first-order chi connectivity index (χ1) is 15.1. The molecule has 32 heavy (non-hydrogen) atoms. The van der Waals surface area contributed by atoms with Gasteiger partial charge in [-0.2, -0.15) is 0 Å². The van der Waals surface area contributed by atoms with Crippen LogP contribution in [0.4, 0.5) is 10.1 Å². The molecular weight excluding hydrogens is 421 g/mol. The molecular formula is C27H25ClFN3. The maximum Gasteiger partial charge on any atom is 0.141 e. The van der Waals surface area contributed by atoms with E-state index in [1.165, 1.54) is 22.9 Å². The van der Waals surface area contributed by atoms with Crippen molar-refractivity contribution in [2.75, 3.05) is 11.9 Å². The van der Waals surface area contributed by atoms with Crippen LogP contribution in [0.1, 0.15) is 26.3 Å². The number of pyridine rings is 1. The Morgan fingerprint density at radius 1 is 0.969 bits per heavy atom. The molecule has 3 nitrogen and oxygen atoms in total. The molecule has 0 amide bonds. The number of hydrogen-bond donors (Lipinski definition) is 1. The van der Waals surface area contributed by atoms with Gasteiger partial charge in [0.05, 0.1) is 27.1 Å². The Labute approximate surface area is 192 Å². The summed E-state index contributed by atoms with van der Waals surface area (Å²) < 4.78 is 16.2. The van der Waals surface area contributed by atoms with Crippen LogP contribution in [0.2, 0.25) is 5.02 Å². The summed E-state index contributed by atoms with van der Waals surface area (Å²) >= 11 is 6.19. The Balaban J connectivity index is 2.01. The molecule has 0 atom stereocenters. The largest absolute Gasteiger partial charge is 0.365 e. The lowest BCUT2D eigenvalue weighted by Crippen LogP contribution is -2.42. The minimum atomic E-state index is -0.432. The van der Waals surface area contributed by atoms with Crippen molar-refractivity contribution >= 4 is 33.8 Å². The van der Waals surface area contributed by atoms with Gasteiger partial charge in [-0.3, -0.25) is 0 Å². The number of halogens is 2. The fourth-order valence-electron chi connectivity index (χ4n) is 5.06. The quantitative estimate of drug-likeness (QED) is 0.319. The Hall–Kier alpha value is -3.11. The maximum absolute atomic E-state index is 14.0. The number of anilines is 1. The van der Waals surface area contributed by atoms with Crippen molar-refractivity contribution in [1.82, 2.24) is 4.57 Å². The Kier molecular flexibility index (Phi) is 4.51. The molecule has 1 N–H and O–H groups in total. The van der Waals surface area contributed by atoms with Gasteiger partial charge in [0, 0.05) is 41.9 Å². The van der Waals surface area contributed by atoms with Gasteiger partial charge in [0.15, 0.2) is 0 Å². The van der Waals surface area contributed by atoms with Crippen molar-refractivity contribution < 1.29 is 4.39 Å². The number of nitrogens with one attached hydrogen (secondary N) is 1. The van der Waals surface area contributed by atoms with E-state index in [2.05, 4.69) is 62.5 Å². The van der Waals surface area contributed by atoms with Crippen molar-refractivity contribution in [1.29, 1.82) is 5.41 Å². The third-order valence-electron chi connectivity index (χ3n) is 6.79. The average molecular weight is 446 g/mol. The van der Waals surface area contributed by atoms with E-state index in [1.807, 2.05) is 12.1 Å². The van der Waals surface area contributed by atoms with Gasteiger partial charge in [-0.25, -0.2) is 4.39 Å². The number of aromatic nitrogens is 1. The molecule has 2 heterocycles. The highest BCUT2D eigenvalue weighted by molar-refractivity contribution is 6.31. The van der Waals surface area contributed by atoms with Crippen LogP contribution in [0.3, 0.4) is 0 Å². The zero-order chi connectivity index (χ0) is 22.9. The van der Waals surface area contributed by atoms with E-state index >= 15 is 0 Å². The SMILES string of the molecule is CC1=CC(C)(C)N(C)c2ccc3c(-c4ccc(F)c(Cl)c4)c4ccc(=N)cc-4n(C)c3c21. The van der Waals surface area contributed by atoms with Gasteiger partial charge in [-0.05, 0) is 62.2 Å². The van der Waals surface area contributed by atoms with Gasteiger partial charge in [-0.1, -0.05) is 35.9 Å². The van der Waals surface area contributed by atoms with E-state index < -0.39 is 5.82 Å². The van der Waals surface area contributed by atoms with E-state index in [0.717, 1.165) is 33.3 Å². The van der Waals surface area contributed by atoms with E-state index in [0.29, 0.717) is 5.36 Å². The molecule has 2 aromatic rings. The molecule has 0 bridgehead atoms. The van der Waals surface area contributed by atoms with Crippen LogP contribution >= 0.6 is 11.6 Å². The second kappa shape index (κ2) is 6.94. The summed E-state index contributed by atoms with van der Waals surface area (Å²) in [7, 11) is 4.18. The summed E-state index contributed by atoms with van der Waals surface area (Å²) in [5.74, 6) is -0.432. The van der Waals surface area contributed by atoms with Crippen molar-refractivity contribution in [3.63, 3.8) is 0 Å².